The molecule has 3 rings (SSSR count). The summed E-state index contributed by atoms with van der Waals surface area (Å²) in [7, 11) is -2.65. The molecule has 0 aliphatic heterocycles. The Kier molecular flexibility index (Phi) is 4.89. The molecule has 0 fully saturated rings. The average Bonchev–Trinajstić information content (AvgIpc) is 3.22. The molecular weight excluding hydrogens is 367 g/mol. The minimum atomic E-state index is -3.84. The van der Waals surface area contributed by atoms with Gasteiger partial charge in [-0.05, 0) is 41.6 Å². The lowest BCUT2D eigenvalue weighted by atomic mass is 10.1. The molecule has 3 aromatic rings. The number of sulfonamides is 1. The quantitative estimate of drug-likeness (QED) is 0.642. The van der Waals surface area contributed by atoms with Gasteiger partial charge >= 0.3 is 5.97 Å². The lowest BCUT2D eigenvalue weighted by molar-refractivity contribution is 0.0602. The zero-order valence-corrected chi connectivity index (χ0v) is 14.8. The molecule has 0 aliphatic carbocycles. The van der Waals surface area contributed by atoms with E-state index < -0.39 is 16.0 Å². The highest BCUT2D eigenvalue weighted by molar-refractivity contribution is 7.89. The summed E-state index contributed by atoms with van der Waals surface area (Å²) >= 11 is 1.00. The molecule has 0 saturated carbocycles. The molecule has 0 amide bonds. The van der Waals surface area contributed by atoms with Gasteiger partial charge in [-0.15, -0.1) is 11.3 Å². The average molecular weight is 382 g/mol. The number of nitrogens with one attached hydrogen (secondary N) is 2. The van der Waals surface area contributed by atoms with Gasteiger partial charge in [0.15, 0.2) is 0 Å². The van der Waals surface area contributed by atoms with Crippen LogP contribution in [0.2, 0.25) is 0 Å². The molecule has 9 heteroatoms. The van der Waals surface area contributed by atoms with Gasteiger partial charge in [0, 0.05) is 23.6 Å². The molecule has 0 unspecified atom stereocenters. The van der Waals surface area contributed by atoms with Crippen molar-refractivity contribution in [2.45, 2.75) is 11.3 Å². The summed E-state index contributed by atoms with van der Waals surface area (Å²) in [6, 6.07) is 5.76. The summed E-state index contributed by atoms with van der Waals surface area (Å²) in [5.41, 5.74) is 1.58. The lowest BCUT2D eigenvalue weighted by Crippen LogP contribution is -2.27. The molecule has 1 aromatic carbocycles. The molecule has 0 atom stereocenters. The normalized spacial score (nSPS) is 11.8. The number of rotatable bonds is 6. The van der Waals surface area contributed by atoms with Crippen LogP contribution in [-0.4, -0.2) is 33.0 Å². The first kappa shape index (κ1) is 17.6. The maximum atomic E-state index is 13.4. The molecule has 2 aromatic heterocycles. The van der Waals surface area contributed by atoms with Crippen LogP contribution in [0.4, 0.5) is 4.39 Å². The minimum absolute atomic E-state index is 0.0316. The van der Waals surface area contributed by atoms with Gasteiger partial charge in [0.2, 0.25) is 10.0 Å². The van der Waals surface area contributed by atoms with Crippen molar-refractivity contribution in [2.24, 2.45) is 0 Å². The van der Waals surface area contributed by atoms with Crippen molar-refractivity contribution in [3.05, 3.63) is 52.1 Å². The molecule has 6 nitrogen and oxygen atoms in total. The number of methoxy groups -OCH3 is 1. The van der Waals surface area contributed by atoms with E-state index in [1.807, 2.05) is 0 Å². The number of carbonyl (C=O) groups excluding carboxylic acids is 1. The van der Waals surface area contributed by atoms with Crippen LogP contribution in [0.15, 0.2) is 40.7 Å². The maximum absolute atomic E-state index is 13.4. The smallest absolute Gasteiger partial charge is 0.349 e. The predicted octanol–water partition coefficient (Wildman–Crippen LogP) is 2.68. The van der Waals surface area contributed by atoms with E-state index in [1.54, 1.807) is 12.3 Å². The number of benzene rings is 1. The van der Waals surface area contributed by atoms with Gasteiger partial charge in [0.25, 0.3) is 0 Å². The SMILES string of the molecule is COC(=O)c1sccc1S(=O)(=O)NCCc1c[nH]c2ccc(F)cc12. The zero-order valence-electron chi connectivity index (χ0n) is 13.2. The Morgan fingerprint density at radius 2 is 2.16 bits per heavy atom. The first-order valence-corrected chi connectivity index (χ1v) is 9.69. The fraction of sp³-hybridized carbons (Fsp3) is 0.188. The molecule has 2 heterocycles. The van der Waals surface area contributed by atoms with Gasteiger partial charge in [-0.1, -0.05) is 0 Å². The van der Waals surface area contributed by atoms with Crippen molar-refractivity contribution < 1.29 is 22.3 Å². The van der Waals surface area contributed by atoms with Crippen molar-refractivity contribution in [3.63, 3.8) is 0 Å². The van der Waals surface area contributed by atoms with E-state index in [0.717, 1.165) is 22.4 Å². The number of aromatic nitrogens is 1. The number of carbonyl (C=O) groups is 1. The predicted molar refractivity (Wildman–Crippen MR) is 92.8 cm³/mol. The Labute approximate surface area is 147 Å². The molecule has 132 valence electrons. The number of aromatic amines is 1. The summed E-state index contributed by atoms with van der Waals surface area (Å²) in [5, 5.41) is 2.23. The number of esters is 1. The van der Waals surface area contributed by atoms with Crippen LogP contribution < -0.4 is 4.72 Å². The second-order valence-corrected chi connectivity index (χ2v) is 7.91. The van der Waals surface area contributed by atoms with E-state index in [4.69, 9.17) is 0 Å². The highest BCUT2D eigenvalue weighted by Gasteiger charge is 2.24. The number of halogens is 1. The summed E-state index contributed by atoms with van der Waals surface area (Å²) in [6.45, 7) is 0.113. The molecule has 0 spiro atoms. The van der Waals surface area contributed by atoms with E-state index in [9.17, 15) is 17.6 Å². The van der Waals surface area contributed by atoms with Crippen molar-refractivity contribution in [2.75, 3.05) is 13.7 Å². The van der Waals surface area contributed by atoms with Crippen LogP contribution in [0.5, 0.6) is 0 Å². The molecule has 0 radical (unpaired) electrons. The molecular formula is C16H15FN2O4S2. The molecule has 2 N–H and O–H groups in total. The minimum Gasteiger partial charge on any atom is -0.465 e. The van der Waals surface area contributed by atoms with Gasteiger partial charge in [-0.25, -0.2) is 22.3 Å². The van der Waals surface area contributed by atoms with Gasteiger partial charge < -0.3 is 9.72 Å². The van der Waals surface area contributed by atoms with Crippen LogP contribution in [0.25, 0.3) is 10.9 Å². The Bertz CT molecular complexity index is 1020. The van der Waals surface area contributed by atoms with E-state index in [2.05, 4.69) is 14.4 Å². The van der Waals surface area contributed by atoms with E-state index >= 15 is 0 Å². The molecule has 0 aliphatic rings. The topological polar surface area (TPSA) is 88.3 Å². The summed E-state index contributed by atoms with van der Waals surface area (Å²) in [5.74, 6) is -1.04. The molecule has 0 saturated heterocycles. The van der Waals surface area contributed by atoms with E-state index in [-0.39, 0.29) is 22.1 Å². The van der Waals surface area contributed by atoms with Crippen LogP contribution in [0.1, 0.15) is 15.2 Å². The van der Waals surface area contributed by atoms with Crippen LogP contribution >= 0.6 is 11.3 Å². The van der Waals surface area contributed by atoms with Crippen molar-refractivity contribution in [1.82, 2.24) is 9.71 Å². The number of hydrogen-bond donors (Lipinski definition) is 2. The summed E-state index contributed by atoms with van der Waals surface area (Å²) in [4.78, 5) is 14.6. The second kappa shape index (κ2) is 6.95. The number of H-pyrrole nitrogens is 1. The first-order chi connectivity index (χ1) is 11.9. The molecule has 0 bridgehead atoms. The Hall–Kier alpha value is -2.23. The van der Waals surface area contributed by atoms with E-state index in [1.165, 1.54) is 30.7 Å². The second-order valence-electron chi connectivity index (χ2n) is 5.26. The lowest BCUT2D eigenvalue weighted by Gasteiger charge is -2.07. The van der Waals surface area contributed by atoms with Crippen molar-refractivity contribution in [1.29, 1.82) is 0 Å². The largest absolute Gasteiger partial charge is 0.465 e. The first-order valence-electron chi connectivity index (χ1n) is 7.33. The maximum Gasteiger partial charge on any atom is 0.349 e. The summed E-state index contributed by atoms with van der Waals surface area (Å²) < 4.78 is 45.2. The number of hydrogen-bond acceptors (Lipinski definition) is 5. The summed E-state index contributed by atoms with van der Waals surface area (Å²) in [6.07, 6.45) is 2.10. The monoisotopic (exact) mass is 382 g/mol. The number of thiophene rings is 1. The molecule has 25 heavy (non-hydrogen) atoms. The van der Waals surface area contributed by atoms with Gasteiger partial charge in [-0.3, -0.25) is 0 Å². The van der Waals surface area contributed by atoms with Gasteiger partial charge in [0.05, 0.1) is 7.11 Å². The van der Waals surface area contributed by atoms with E-state index in [0.29, 0.717) is 11.8 Å². The Morgan fingerprint density at radius 3 is 2.92 bits per heavy atom. The Balaban J connectivity index is 1.73. The third-order valence-electron chi connectivity index (χ3n) is 3.71. The van der Waals surface area contributed by atoms with Gasteiger partial charge in [-0.2, -0.15) is 0 Å². The fourth-order valence-corrected chi connectivity index (χ4v) is 4.87. The highest BCUT2D eigenvalue weighted by Crippen LogP contribution is 2.23. The standard InChI is InChI=1S/C16H15FN2O4S2/c1-23-16(20)15-14(5-7-24-15)25(21,22)19-6-4-10-9-18-13-3-2-11(17)8-12(10)13/h2-3,5,7-9,18-19H,4,6H2,1H3. The van der Waals surface area contributed by atoms with Crippen molar-refractivity contribution >= 4 is 38.2 Å². The third kappa shape index (κ3) is 3.58. The van der Waals surface area contributed by atoms with Crippen LogP contribution in [0.3, 0.4) is 0 Å². The third-order valence-corrected chi connectivity index (χ3v) is 6.23. The number of fused-ring (bicyclic) bond motifs is 1. The fourth-order valence-electron chi connectivity index (χ4n) is 2.51. The highest BCUT2D eigenvalue weighted by atomic mass is 32.2. The Morgan fingerprint density at radius 1 is 1.36 bits per heavy atom. The number of ether oxygens (including phenoxy) is 1. The van der Waals surface area contributed by atoms with Crippen LogP contribution in [-0.2, 0) is 21.2 Å². The van der Waals surface area contributed by atoms with Crippen LogP contribution in [0, 0.1) is 5.82 Å². The zero-order chi connectivity index (χ0) is 18.0. The van der Waals surface area contributed by atoms with Crippen molar-refractivity contribution in [3.8, 4) is 0 Å². The van der Waals surface area contributed by atoms with Gasteiger partial charge in [0.1, 0.15) is 15.6 Å².